The molecule has 1 aromatic rings. The highest BCUT2D eigenvalue weighted by atomic mass is 16.6. The zero-order valence-corrected chi connectivity index (χ0v) is 15.2. The highest BCUT2D eigenvalue weighted by molar-refractivity contribution is 5.13. The Labute approximate surface area is 153 Å². The first-order valence-electron chi connectivity index (χ1n) is 9.84. The summed E-state index contributed by atoms with van der Waals surface area (Å²) >= 11 is 0. The molecule has 0 atom stereocenters. The monoisotopic (exact) mass is 363 g/mol. The summed E-state index contributed by atoms with van der Waals surface area (Å²) in [5, 5.41) is 18.7. The van der Waals surface area contributed by atoms with E-state index >= 15 is 0 Å². The van der Waals surface area contributed by atoms with Crippen LogP contribution in [0.1, 0.15) is 56.2 Å². The third-order valence-electron chi connectivity index (χ3n) is 5.72. The van der Waals surface area contributed by atoms with Crippen LogP contribution in [0.5, 0.6) is 0 Å². The quantitative estimate of drug-likeness (QED) is 0.811. The van der Waals surface area contributed by atoms with E-state index in [9.17, 15) is 9.90 Å². The van der Waals surface area contributed by atoms with E-state index in [1.54, 1.807) is 10.7 Å². The average molecular weight is 363 g/mol. The average Bonchev–Trinajstić information content (AvgIpc) is 3.50. The van der Waals surface area contributed by atoms with Gasteiger partial charge in [0.2, 0.25) is 0 Å². The molecule has 2 N–H and O–H groups in total. The second-order valence-corrected chi connectivity index (χ2v) is 8.03. The van der Waals surface area contributed by atoms with Gasteiger partial charge in [-0.25, -0.2) is 4.68 Å². The standard InChI is InChI=1S/C19H29N3O4/c23-18-8-7-17(14-1-2-14)21-22(18)16-5-3-15(4-6-16)20-11-19(24)12-25-9-10-26-13-19/h7-8,14-16,20,24H,1-6,9-13H2. The number of hydrogen-bond acceptors (Lipinski definition) is 6. The van der Waals surface area contributed by atoms with E-state index in [1.165, 1.54) is 12.8 Å². The van der Waals surface area contributed by atoms with E-state index in [0.717, 1.165) is 31.4 Å². The summed E-state index contributed by atoms with van der Waals surface area (Å²) in [6.45, 7) is 2.16. The largest absolute Gasteiger partial charge is 0.384 e. The molecule has 144 valence electrons. The Bertz CT molecular complexity index is 657. The van der Waals surface area contributed by atoms with Crippen LogP contribution in [0.2, 0.25) is 0 Å². The first-order valence-corrected chi connectivity index (χ1v) is 9.84. The third-order valence-corrected chi connectivity index (χ3v) is 5.72. The number of aromatic nitrogens is 2. The van der Waals surface area contributed by atoms with Crippen LogP contribution in [0.4, 0.5) is 0 Å². The first kappa shape index (κ1) is 18.1. The maximum absolute atomic E-state index is 12.2. The fourth-order valence-corrected chi connectivity index (χ4v) is 3.94. The number of aliphatic hydroxyl groups is 1. The number of ether oxygens (including phenoxy) is 2. The molecule has 0 amide bonds. The highest BCUT2D eigenvalue weighted by Crippen LogP contribution is 2.38. The van der Waals surface area contributed by atoms with Gasteiger partial charge in [-0.05, 0) is 44.6 Å². The Hall–Kier alpha value is -1.28. The van der Waals surface area contributed by atoms with Gasteiger partial charge >= 0.3 is 0 Å². The molecule has 1 aromatic heterocycles. The Morgan fingerprint density at radius 2 is 1.81 bits per heavy atom. The molecule has 4 rings (SSSR count). The smallest absolute Gasteiger partial charge is 0.267 e. The molecule has 1 aliphatic heterocycles. The van der Waals surface area contributed by atoms with Crippen LogP contribution in [0.15, 0.2) is 16.9 Å². The Morgan fingerprint density at radius 3 is 2.46 bits per heavy atom. The molecule has 2 saturated carbocycles. The lowest BCUT2D eigenvalue weighted by molar-refractivity contribution is -0.0551. The molecule has 26 heavy (non-hydrogen) atoms. The predicted octanol–water partition coefficient (Wildman–Crippen LogP) is 0.972. The summed E-state index contributed by atoms with van der Waals surface area (Å²) in [5.41, 5.74) is 0.123. The molecule has 0 radical (unpaired) electrons. The lowest BCUT2D eigenvalue weighted by Crippen LogP contribution is -2.50. The summed E-state index contributed by atoms with van der Waals surface area (Å²) in [4.78, 5) is 12.2. The Morgan fingerprint density at radius 1 is 1.12 bits per heavy atom. The van der Waals surface area contributed by atoms with Crippen LogP contribution in [0.3, 0.4) is 0 Å². The molecule has 3 fully saturated rings. The van der Waals surface area contributed by atoms with Gasteiger partial charge in [-0.3, -0.25) is 4.79 Å². The van der Waals surface area contributed by atoms with E-state index in [1.807, 2.05) is 6.07 Å². The maximum Gasteiger partial charge on any atom is 0.267 e. The summed E-state index contributed by atoms with van der Waals surface area (Å²) in [6.07, 6.45) is 6.21. The van der Waals surface area contributed by atoms with Gasteiger partial charge in [0.1, 0.15) is 5.60 Å². The Balaban J connectivity index is 1.30. The molecular weight excluding hydrogens is 334 g/mol. The fraction of sp³-hybridized carbons (Fsp3) is 0.789. The lowest BCUT2D eigenvalue weighted by Gasteiger charge is -2.33. The summed E-state index contributed by atoms with van der Waals surface area (Å²) in [7, 11) is 0. The minimum absolute atomic E-state index is 0.00729. The molecule has 0 unspecified atom stereocenters. The second kappa shape index (κ2) is 7.76. The van der Waals surface area contributed by atoms with Crippen LogP contribution in [0, 0.1) is 0 Å². The van der Waals surface area contributed by atoms with E-state index in [2.05, 4.69) is 10.4 Å². The second-order valence-electron chi connectivity index (χ2n) is 8.03. The van der Waals surface area contributed by atoms with E-state index < -0.39 is 5.60 Å². The molecule has 0 spiro atoms. The van der Waals surface area contributed by atoms with Gasteiger partial charge < -0.3 is 19.9 Å². The van der Waals surface area contributed by atoms with E-state index in [0.29, 0.717) is 44.9 Å². The van der Waals surface area contributed by atoms with E-state index in [4.69, 9.17) is 9.47 Å². The van der Waals surface area contributed by atoms with Crippen molar-refractivity contribution in [2.24, 2.45) is 0 Å². The minimum Gasteiger partial charge on any atom is -0.384 e. The normalized spacial score (nSPS) is 29.3. The Kier molecular flexibility index (Phi) is 5.40. The van der Waals surface area contributed by atoms with Gasteiger partial charge in [-0.2, -0.15) is 5.10 Å². The van der Waals surface area contributed by atoms with Crippen molar-refractivity contribution in [3.05, 3.63) is 28.2 Å². The lowest BCUT2D eigenvalue weighted by atomic mass is 9.90. The van der Waals surface area contributed by atoms with Crippen molar-refractivity contribution >= 4 is 0 Å². The number of rotatable bonds is 5. The molecule has 2 heterocycles. The van der Waals surface area contributed by atoms with Gasteiger partial charge in [0.05, 0.1) is 38.2 Å². The first-order chi connectivity index (χ1) is 12.6. The SMILES string of the molecule is O=c1ccc(C2CC2)nn1C1CCC(NCC2(O)COCCOC2)CC1. The highest BCUT2D eigenvalue weighted by Gasteiger charge is 2.32. The number of nitrogens with one attached hydrogen (secondary N) is 1. The van der Waals surface area contributed by atoms with Gasteiger partial charge in [-0.15, -0.1) is 0 Å². The van der Waals surface area contributed by atoms with Crippen molar-refractivity contribution in [2.75, 3.05) is 33.0 Å². The molecule has 7 nitrogen and oxygen atoms in total. The summed E-state index contributed by atoms with van der Waals surface area (Å²) in [6, 6.07) is 4.10. The molecule has 3 aliphatic rings. The summed E-state index contributed by atoms with van der Waals surface area (Å²) in [5.74, 6) is 0.560. The van der Waals surface area contributed by atoms with Gasteiger partial charge in [0, 0.05) is 24.6 Å². The van der Waals surface area contributed by atoms with Gasteiger partial charge in [-0.1, -0.05) is 0 Å². The van der Waals surface area contributed by atoms with Crippen molar-refractivity contribution in [3.63, 3.8) is 0 Å². The van der Waals surface area contributed by atoms with Crippen LogP contribution in [-0.2, 0) is 9.47 Å². The molecule has 1 saturated heterocycles. The summed E-state index contributed by atoms with van der Waals surface area (Å²) < 4.78 is 12.5. The molecule has 7 heteroatoms. The van der Waals surface area contributed by atoms with Crippen LogP contribution < -0.4 is 10.9 Å². The molecular formula is C19H29N3O4. The van der Waals surface area contributed by atoms with Crippen LogP contribution in [0.25, 0.3) is 0 Å². The third kappa shape index (κ3) is 4.34. The zero-order valence-electron chi connectivity index (χ0n) is 15.2. The topological polar surface area (TPSA) is 85.6 Å². The van der Waals surface area contributed by atoms with Gasteiger partial charge in [0.15, 0.2) is 0 Å². The van der Waals surface area contributed by atoms with Crippen molar-refractivity contribution in [1.29, 1.82) is 0 Å². The van der Waals surface area contributed by atoms with E-state index in [-0.39, 0.29) is 11.6 Å². The van der Waals surface area contributed by atoms with Crippen molar-refractivity contribution in [3.8, 4) is 0 Å². The zero-order chi connectivity index (χ0) is 18.0. The number of nitrogens with zero attached hydrogens (tertiary/aromatic N) is 2. The van der Waals surface area contributed by atoms with Gasteiger partial charge in [0.25, 0.3) is 5.56 Å². The minimum atomic E-state index is -0.954. The maximum atomic E-state index is 12.2. The van der Waals surface area contributed by atoms with Crippen LogP contribution in [-0.4, -0.2) is 59.5 Å². The van der Waals surface area contributed by atoms with Crippen molar-refractivity contribution in [2.45, 2.75) is 62.1 Å². The van der Waals surface area contributed by atoms with Crippen molar-refractivity contribution in [1.82, 2.24) is 15.1 Å². The molecule has 2 aliphatic carbocycles. The number of hydrogen-bond donors (Lipinski definition) is 2. The van der Waals surface area contributed by atoms with Crippen molar-refractivity contribution < 1.29 is 14.6 Å². The predicted molar refractivity (Wildman–Crippen MR) is 96.4 cm³/mol. The molecule has 0 aromatic carbocycles. The fourth-order valence-electron chi connectivity index (χ4n) is 3.94. The molecule has 0 bridgehead atoms. The van der Waals surface area contributed by atoms with Crippen LogP contribution >= 0.6 is 0 Å².